The molecular formula is C33H51NO4. The summed E-state index contributed by atoms with van der Waals surface area (Å²) in [4.78, 5) is 23.2. The molecule has 1 aliphatic heterocycles. The molecule has 9 atom stereocenters. The molecule has 38 heavy (non-hydrogen) atoms. The molecule has 3 fully saturated rings. The van der Waals surface area contributed by atoms with Crippen molar-refractivity contribution < 1.29 is 19.1 Å². The van der Waals surface area contributed by atoms with Gasteiger partial charge in [-0.25, -0.2) is 0 Å². The molecule has 0 spiro atoms. The third-order valence-corrected chi connectivity index (χ3v) is 11.8. The predicted octanol–water partition coefficient (Wildman–Crippen LogP) is 7.11. The number of rotatable bonds is 7. The van der Waals surface area contributed by atoms with Gasteiger partial charge in [0.25, 0.3) is 0 Å². The lowest BCUT2D eigenvalue weighted by molar-refractivity contribution is -0.151. The van der Waals surface area contributed by atoms with Gasteiger partial charge in [0.05, 0.1) is 5.76 Å². The molecule has 0 unspecified atom stereocenters. The Morgan fingerprint density at radius 1 is 1.18 bits per heavy atom. The lowest BCUT2D eigenvalue weighted by atomic mass is 9.47. The topological polar surface area (TPSA) is 64.6 Å². The van der Waals surface area contributed by atoms with Gasteiger partial charge in [0.15, 0.2) is 0 Å². The van der Waals surface area contributed by atoms with E-state index in [-0.39, 0.29) is 29.0 Å². The molecular weight excluding hydrogens is 474 g/mol. The Bertz CT molecular complexity index is 1030. The molecule has 0 aromatic carbocycles. The number of esters is 1. The summed E-state index contributed by atoms with van der Waals surface area (Å²) in [5, 5.41) is 2.96. The Balaban J connectivity index is 1.31. The second kappa shape index (κ2) is 10.0. The lowest BCUT2D eigenvalue weighted by Crippen LogP contribution is -2.50. The number of allylic oxidation sites excluding steroid dienone is 2. The summed E-state index contributed by atoms with van der Waals surface area (Å²) in [5.74, 6) is 4.30. The lowest BCUT2D eigenvalue weighted by Gasteiger charge is -2.58. The van der Waals surface area contributed by atoms with Crippen LogP contribution in [0.15, 0.2) is 23.0 Å². The van der Waals surface area contributed by atoms with Crippen molar-refractivity contribution in [2.45, 2.75) is 124 Å². The molecule has 0 saturated heterocycles. The molecule has 0 radical (unpaired) electrons. The summed E-state index contributed by atoms with van der Waals surface area (Å²) >= 11 is 0. The van der Waals surface area contributed by atoms with E-state index in [1.54, 1.807) is 12.5 Å². The molecule has 3 saturated carbocycles. The number of ether oxygens (including phenoxy) is 2. The second-order valence-corrected chi connectivity index (χ2v) is 14.3. The van der Waals surface area contributed by atoms with Gasteiger partial charge in [-0.3, -0.25) is 9.59 Å². The first-order valence-electron chi connectivity index (χ1n) is 15.4. The van der Waals surface area contributed by atoms with Crippen molar-refractivity contribution in [2.75, 3.05) is 6.54 Å². The van der Waals surface area contributed by atoms with Crippen molar-refractivity contribution >= 4 is 11.9 Å². The smallest absolute Gasteiger partial charge is 0.305 e. The van der Waals surface area contributed by atoms with Crippen molar-refractivity contribution in [2.24, 2.45) is 40.4 Å². The highest BCUT2D eigenvalue weighted by molar-refractivity contribution is 5.72. The van der Waals surface area contributed by atoms with E-state index in [4.69, 9.17) is 9.47 Å². The zero-order chi connectivity index (χ0) is 27.5. The van der Waals surface area contributed by atoms with Gasteiger partial charge in [0, 0.05) is 38.6 Å². The highest BCUT2D eigenvalue weighted by Crippen LogP contribution is 2.71. The zero-order valence-corrected chi connectivity index (χ0v) is 25.0. The van der Waals surface area contributed by atoms with E-state index in [1.807, 2.05) is 6.92 Å². The van der Waals surface area contributed by atoms with Crippen molar-refractivity contribution in [1.82, 2.24) is 5.32 Å². The molecule has 5 aliphatic rings. The van der Waals surface area contributed by atoms with Gasteiger partial charge in [0.2, 0.25) is 5.91 Å². The van der Waals surface area contributed by atoms with Crippen LogP contribution in [0.1, 0.15) is 113 Å². The molecule has 1 N–H and O–H groups in total. The van der Waals surface area contributed by atoms with Crippen LogP contribution in [-0.4, -0.2) is 30.1 Å². The summed E-state index contributed by atoms with van der Waals surface area (Å²) in [6.07, 6.45) is 13.1. The largest absolute Gasteiger partial charge is 0.491 e. The van der Waals surface area contributed by atoms with E-state index in [2.05, 4.69) is 46.0 Å². The molecule has 212 valence electrons. The van der Waals surface area contributed by atoms with Gasteiger partial charge in [-0.15, -0.1) is 0 Å². The average molecular weight is 526 g/mol. The molecule has 4 aliphatic carbocycles. The van der Waals surface area contributed by atoms with Crippen molar-refractivity contribution in [1.29, 1.82) is 0 Å². The van der Waals surface area contributed by atoms with Crippen LogP contribution in [0, 0.1) is 40.4 Å². The maximum absolute atomic E-state index is 11.9. The van der Waals surface area contributed by atoms with Crippen LogP contribution < -0.4 is 5.32 Å². The minimum Gasteiger partial charge on any atom is -0.491 e. The van der Waals surface area contributed by atoms with Gasteiger partial charge in [-0.2, -0.15) is 0 Å². The van der Waals surface area contributed by atoms with Crippen LogP contribution >= 0.6 is 0 Å². The Kier molecular flexibility index (Phi) is 7.31. The summed E-state index contributed by atoms with van der Waals surface area (Å²) in [5.41, 5.74) is 3.51. The zero-order valence-electron chi connectivity index (χ0n) is 25.0. The van der Waals surface area contributed by atoms with Crippen LogP contribution in [0.5, 0.6) is 0 Å². The number of carbonyl (C=O) groups excluding carboxylic acids is 2. The molecule has 1 heterocycles. The molecule has 0 bridgehead atoms. The maximum atomic E-state index is 11.9. The minimum absolute atomic E-state index is 0.0486. The summed E-state index contributed by atoms with van der Waals surface area (Å²) in [7, 11) is 0. The SMILES string of the molecule is CCC(=O)O[C@H]1CC[C@@]2(C)C(=CC[C@@H]3[C@H]4C[C@@]5(C)OC(CC[C@@H](C)CNC(C)=O)=C(C)[C@H]5[C@@]4(C)CC[C@H]32)C1. The average Bonchev–Trinajstić information content (AvgIpc) is 3.27. The fraction of sp³-hybridized carbons (Fsp3) is 0.818. The van der Waals surface area contributed by atoms with Gasteiger partial charge < -0.3 is 14.8 Å². The third kappa shape index (κ3) is 4.54. The Morgan fingerprint density at radius 3 is 2.66 bits per heavy atom. The van der Waals surface area contributed by atoms with Gasteiger partial charge in [0.1, 0.15) is 11.7 Å². The number of fused-ring (bicyclic) bond motifs is 7. The summed E-state index contributed by atoms with van der Waals surface area (Å²) in [6.45, 7) is 16.3. The Morgan fingerprint density at radius 2 is 1.95 bits per heavy atom. The molecule has 5 nitrogen and oxygen atoms in total. The van der Waals surface area contributed by atoms with E-state index < -0.39 is 0 Å². The number of nitrogens with one attached hydrogen (secondary N) is 1. The van der Waals surface area contributed by atoms with Crippen LogP contribution in [0.4, 0.5) is 0 Å². The van der Waals surface area contributed by atoms with Gasteiger partial charge >= 0.3 is 5.97 Å². The number of hydrogen-bond donors (Lipinski definition) is 1. The van der Waals surface area contributed by atoms with Crippen molar-refractivity contribution in [3.05, 3.63) is 23.0 Å². The Labute approximate surface area is 230 Å². The van der Waals surface area contributed by atoms with Gasteiger partial charge in [-0.1, -0.05) is 39.3 Å². The van der Waals surface area contributed by atoms with E-state index >= 15 is 0 Å². The van der Waals surface area contributed by atoms with Crippen LogP contribution in [0.2, 0.25) is 0 Å². The van der Waals surface area contributed by atoms with Crippen molar-refractivity contribution in [3.63, 3.8) is 0 Å². The summed E-state index contributed by atoms with van der Waals surface area (Å²) in [6, 6.07) is 0. The van der Waals surface area contributed by atoms with E-state index in [0.717, 1.165) is 56.9 Å². The maximum Gasteiger partial charge on any atom is 0.305 e. The van der Waals surface area contributed by atoms with E-state index in [9.17, 15) is 9.59 Å². The molecule has 1 amide bonds. The first-order valence-corrected chi connectivity index (χ1v) is 15.4. The molecule has 5 rings (SSSR count). The number of amides is 1. The molecule has 0 aromatic heterocycles. The van der Waals surface area contributed by atoms with E-state index in [1.165, 1.54) is 30.6 Å². The van der Waals surface area contributed by atoms with Crippen LogP contribution in [-0.2, 0) is 19.1 Å². The second-order valence-electron chi connectivity index (χ2n) is 14.3. The molecule has 5 heteroatoms. The van der Waals surface area contributed by atoms with Gasteiger partial charge in [-0.05, 0) is 98.9 Å². The standard InChI is InChI=1S/C33H51NO4/c1-8-29(36)37-24-13-15-31(5)23(17-24)10-11-25-26(31)14-16-32(6)27(25)18-33(7)30(32)21(3)28(38-33)12-9-20(2)19-34-22(4)35/h10,20,24-27,30H,8-9,11-19H2,1-7H3,(H,34,35)/t20-,24+,25+,26-,27-,30+,31+,32+,33-/m1/s1. The highest BCUT2D eigenvalue weighted by atomic mass is 16.5. The number of carbonyl (C=O) groups is 2. The third-order valence-electron chi connectivity index (χ3n) is 11.8. The number of hydrogen-bond acceptors (Lipinski definition) is 4. The first kappa shape index (κ1) is 27.8. The molecule has 0 aromatic rings. The fourth-order valence-electron chi connectivity index (χ4n) is 9.96. The normalized spacial score (nSPS) is 42.2. The van der Waals surface area contributed by atoms with E-state index in [0.29, 0.717) is 29.6 Å². The summed E-state index contributed by atoms with van der Waals surface area (Å²) < 4.78 is 12.7. The predicted molar refractivity (Wildman–Crippen MR) is 150 cm³/mol. The van der Waals surface area contributed by atoms with Crippen molar-refractivity contribution in [3.8, 4) is 0 Å². The monoisotopic (exact) mass is 525 g/mol. The minimum atomic E-state index is -0.0918. The first-order chi connectivity index (χ1) is 17.9. The highest BCUT2D eigenvalue weighted by Gasteiger charge is 2.67. The Hall–Kier alpha value is -1.78. The van der Waals surface area contributed by atoms with Crippen LogP contribution in [0.25, 0.3) is 0 Å². The quantitative estimate of drug-likeness (QED) is 0.284. The van der Waals surface area contributed by atoms with Crippen LogP contribution in [0.3, 0.4) is 0 Å². The fourth-order valence-corrected chi connectivity index (χ4v) is 9.96.